The van der Waals surface area contributed by atoms with Crippen LogP contribution in [-0.4, -0.2) is 56.5 Å². The van der Waals surface area contributed by atoms with E-state index < -0.39 is 0 Å². The molecule has 1 aliphatic rings. The third kappa shape index (κ3) is 4.56. The number of rotatable bonds is 5. The van der Waals surface area contributed by atoms with Crippen LogP contribution in [0.15, 0.2) is 49.1 Å². The molecule has 0 N–H and O–H groups in total. The zero-order valence-corrected chi connectivity index (χ0v) is 17.1. The van der Waals surface area contributed by atoms with Crippen LogP contribution in [0.1, 0.15) is 17.8 Å². The van der Waals surface area contributed by atoms with Gasteiger partial charge in [-0.25, -0.2) is 15.0 Å². The topological polar surface area (TPSA) is 67.2 Å². The molecule has 0 aliphatic carbocycles. The van der Waals surface area contributed by atoms with Crippen molar-refractivity contribution in [3.63, 3.8) is 0 Å². The number of piperazine rings is 1. The predicted molar refractivity (Wildman–Crippen MR) is 112 cm³/mol. The van der Waals surface area contributed by atoms with Crippen molar-refractivity contribution in [2.75, 3.05) is 31.1 Å². The van der Waals surface area contributed by atoms with Crippen LogP contribution in [-0.2, 0) is 11.2 Å². The van der Waals surface area contributed by atoms with Crippen LogP contribution in [0.25, 0.3) is 5.82 Å². The van der Waals surface area contributed by atoms with E-state index in [4.69, 9.17) is 11.6 Å². The van der Waals surface area contributed by atoms with Gasteiger partial charge in [0.1, 0.15) is 23.8 Å². The minimum absolute atomic E-state index is 0.182. The van der Waals surface area contributed by atoms with Gasteiger partial charge in [0.2, 0.25) is 5.91 Å². The van der Waals surface area contributed by atoms with Crippen LogP contribution >= 0.6 is 11.6 Å². The summed E-state index contributed by atoms with van der Waals surface area (Å²) in [6, 6.07) is 9.65. The molecule has 0 spiro atoms. The van der Waals surface area contributed by atoms with Crippen molar-refractivity contribution in [2.45, 2.75) is 19.8 Å². The van der Waals surface area contributed by atoms with Crippen LogP contribution in [0.4, 0.5) is 5.82 Å². The van der Waals surface area contributed by atoms with E-state index in [2.05, 4.69) is 19.9 Å². The van der Waals surface area contributed by atoms with E-state index in [0.717, 1.165) is 36.1 Å². The Kier molecular flexibility index (Phi) is 5.76. The first-order chi connectivity index (χ1) is 14.1. The van der Waals surface area contributed by atoms with Crippen molar-refractivity contribution in [3.05, 3.63) is 65.5 Å². The van der Waals surface area contributed by atoms with Crippen molar-refractivity contribution < 1.29 is 4.79 Å². The molecule has 1 aliphatic heterocycles. The Hall–Kier alpha value is -2.93. The summed E-state index contributed by atoms with van der Waals surface area (Å²) in [5.74, 6) is 2.73. The Morgan fingerprint density at radius 3 is 2.59 bits per heavy atom. The summed E-state index contributed by atoms with van der Waals surface area (Å²) in [5, 5.41) is 0.707. The van der Waals surface area contributed by atoms with Gasteiger partial charge in [-0.1, -0.05) is 23.7 Å². The number of hydrogen-bond donors (Lipinski definition) is 0. The molecule has 0 bridgehead atoms. The molecule has 0 radical (unpaired) electrons. The Balaban J connectivity index is 1.33. The zero-order valence-electron chi connectivity index (χ0n) is 16.3. The van der Waals surface area contributed by atoms with Gasteiger partial charge in [-0.3, -0.25) is 9.36 Å². The summed E-state index contributed by atoms with van der Waals surface area (Å²) >= 11 is 6.02. The molecule has 3 heterocycles. The number of anilines is 1. The van der Waals surface area contributed by atoms with Gasteiger partial charge in [-0.05, 0) is 31.0 Å². The monoisotopic (exact) mass is 410 g/mol. The number of aromatic nitrogens is 4. The van der Waals surface area contributed by atoms with Crippen molar-refractivity contribution in [2.24, 2.45) is 0 Å². The second kappa shape index (κ2) is 8.61. The van der Waals surface area contributed by atoms with Crippen molar-refractivity contribution in [1.82, 2.24) is 24.4 Å². The zero-order chi connectivity index (χ0) is 20.2. The van der Waals surface area contributed by atoms with Gasteiger partial charge in [-0.2, -0.15) is 0 Å². The molecule has 1 saturated heterocycles. The Morgan fingerprint density at radius 1 is 1.07 bits per heavy atom. The summed E-state index contributed by atoms with van der Waals surface area (Å²) in [7, 11) is 0. The van der Waals surface area contributed by atoms with Gasteiger partial charge in [0, 0.05) is 56.1 Å². The van der Waals surface area contributed by atoms with E-state index in [1.54, 1.807) is 12.5 Å². The van der Waals surface area contributed by atoms with Gasteiger partial charge >= 0.3 is 0 Å². The van der Waals surface area contributed by atoms with Crippen LogP contribution in [0.5, 0.6) is 0 Å². The highest BCUT2D eigenvalue weighted by Gasteiger charge is 2.22. The van der Waals surface area contributed by atoms with E-state index in [9.17, 15) is 4.79 Å². The minimum atomic E-state index is 0.182. The highest BCUT2D eigenvalue weighted by atomic mass is 35.5. The highest BCUT2D eigenvalue weighted by Crippen LogP contribution is 2.18. The number of hydrogen-bond acceptors (Lipinski definition) is 5. The molecule has 150 valence electrons. The van der Waals surface area contributed by atoms with Gasteiger partial charge in [0.25, 0.3) is 0 Å². The molecule has 29 heavy (non-hydrogen) atoms. The van der Waals surface area contributed by atoms with Crippen LogP contribution < -0.4 is 4.90 Å². The second-order valence-electron chi connectivity index (χ2n) is 7.08. The number of aryl methyl sites for hydroxylation is 2. The van der Waals surface area contributed by atoms with E-state index >= 15 is 0 Å². The molecule has 8 heteroatoms. The summed E-state index contributed by atoms with van der Waals surface area (Å²) in [6.07, 6.45) is 6.42. The third-order valence-corrected chi connectivity index (χ3v) is 5.42. The number of halogens is 1. The molecule has 1 aromatic carbocycles. The molecule has 0 unspecified atom stereocenters. The second-order valence-corrected chi connectivity index (χ2v) is 7.51. The fraction of sp³-hybridized carbons (Fsp3) is 0.333. The number of carbonyl (C=O) groups excluding carboxylic acids is 1. The van der Waals surface area contributed by atoms with Crippen LogP contribution in [0.3, 0.4) is 0 Å². The number of amides is 1. The smallest absolute Gasteiger partial charge is 0.223 e. The van der Waals surface area contributed by atoms with E-state index in [1.165, 1.54) is 0 Å². The fourth-order valence-corrected chi connectivity index (χ4v) is 3.76. The molecule has 0 saturated carbocycles. The molecule has 1 amide bonds. The third-order valence-electron chi connectivity index (χ3n) is 5.18. The van der Waals surface area contributed by atoms with E-state index in [0.29, 0.717) is 31.0 Å². The van der Waals surface area contributed by atoms with Crippen molar-refractivity contribution in [1.29, 1.82) is 0 Å². The van der Waals surface area contributed by atoms with Crippen LogP contribution in [0, 0.1) is 6.92 Å². The number of nitrogens with zero attached hydrogens (tertiary/aromatic N) is 6. The number of benzene rings is 1. The Labute approximate surface area is 175 Å². The van der Waals surface area contributed by atoms with Gasteiger partial charge < -0.3 is 9.80 Å². The van der Waals surface area contributed by atoms with Crippen molar-refractivity contribution >= 4 is 23.3 Å². The quantitative estimate of drug-likeness (QED) is 0.647. The first-order valence-corrected chi connectivity index (χ1v) is 10.1. The summed E-state index contributed by atoms with van der Waals surface area (Å²) in [6.45, 7) is 4.83. The first-order valence-electron chi connectivity index (χ1n) is 9.70. The molecule has 4 rings (SSSR count). The highest BCUT2D eigenvalue weighted by molar-refractivity contribution is 6.30. The normalized spacial score (nSPS) is 14.3. The predicted octanol–water partition coefficient (Wildman–Crippen LogP) is 2.91. The maximum Gasteiger partial charge on any atom is 0.223 e. The standard InChI is InChI=1S/C21H23ClN6O/c1-16-23-7-8-28(16)20-14-19(24-15-25-20)26-9-11-27(12-10-26)21(29)6-5-17-3-2-4-18(22)13-17/h2-4,7-8,13-15H,5-6,9-12H2,1H3. The lowest BCUT2D eigenvalue weighted by molar-refractivity contribution is -0.131. The minimum Gasteiger partial charge on any atom is -0.353 e. The molecule has 2 aromatic heterocycles. The maximum absolute atomic E-state index is 12.6. The Morgan fingerprint density at radius 2 is 1.86 bits per heavy atom. The lowest BCUT2D eigenvalue weighted by atomic mass is 10.1. The molecule has 3 aromatic rings. The SMILES string of the molecule is Cc1nccn1-c1cc(N2CCN(C(=O)CCc3cccc(Cl)c3)CC2)ncn1. The molecule has 7 nitrogen and oxygen atoms in total. The molecule has 1 fully saturated rings. The Bertz CT molecular complexity index is 996. The molecular formula is C21H23ClN6O. The summed E-state index contributed by atoms with van der Waals surface area (Å²) < 4.78 is 1.93. The summed E-state index contributed by atoms with van der Waals surface area (Å²) in [5.41, 5.74) is 1.09. The lowest BCUT2D eigenvalue weighted by Crippen LogP contribution is -2.49. The van der Waals surface area contributed by atoms with E-state index in [-0.39, 0.29) is 5.91 Å². The number of carbonyl (C=O) groups is 1. The van der Waals surface area contributed by atoms with Crippen LogP contribution in [0.2, 0.25) is 5.02 Å². The fourth-order valence-electron chi connectivity index (χ4n) is 3.55. The molecule has 0 atom stereocenters. The van der Waals surface area contributed by atoms with Gasteiger partial charge in [-0.15, -0.1) is 0 Å². The maximum atomic E-state index is 12.6. The average Bonchev–Trinajstić information content (AvgIpc) is 3.18. The van der Waals surface area contributed by atoms with E-state index in [1.807, 2.05) is 52.9 Å². The average molecular weight is 411 g/mol. The number of imidazole rings is 1. The van der Waals surface area contributed by atoms with Gasteiger partial charge in [0.05, 0.1) is 0 Å². The first kappa shape index (κ1) is 19.4. The largest absolute Gasteiger partial charge is 0.353 e. The summed E-state index contributed by atoms with van der Waals surface area (Å²) in [4.78, 5) is 29.7. The van der Waals surface area contributed by atoms with Crippen molar-refractivity contribution in [3.8, 4) is 5.82 Å². The molecular weight excluding hydrogens is 388 g/mol. The lowest BCUT2D eigenvalue weighted by Gasteiger charge is -2.35. The van der Waals surface area contributed by atoms with Gasteiger partial charge in [0.15, 0.2) is 0 Å².